The lowest BCUT2D eigenvalue weighted by Crippen LogP contribution is -2.10. The van der Waals surface area contributed by atoms with Crippen LogP contribution in [0.25, 0.3) is 0 Å². The highest BCUT2D eigenvalue weighted by Crippen LogP contribution is 2.29. The first-order chi connectivity index (χ1) is 6.33. The molecule has 2 rings (SSSR count). The van der Waals surface area contributed by atoms with Crippen molar-refractivity contribution in [2.75, 3.05) is 20.3 Å². The molecule has 1 aromatic rings. The molecule has 0 spiro atoms. The van der Waals surface area contributed by atoms with Crippen molar-refractivity contribution in [3.8, 4) is 5.75 Å². The molecule has 1 aliphatic rings. The van der Waals surface area contributed by atoms with Crippen molar-refractivity contribution in [3.05, 3.63) is 10.8 Å². The standard InChI is InChI=1S/C8H11BrN2O2/c1-12-7-4-10-11(8(7)9)6-2-3-13-5-6/h4,6H,2-3,5H2,1H3. The van der Waals surface area contributed by atoms with Gasteiger partial charge in [-0.1, -0.05) is 0 Å². The molecule has 1 saturated heterocycles. The lowest BCUT2D eigenvalue weighted by molar-refractivity contribution is 0.184. The van der Waals surface area contributed by atoms with E-state index in [4.69, 9.17) is 9.47 Å². The summed E-state index contributed by atoms with van der Waals surface area (Å²) in [7, 11) is 1.64. The van der Waals surface area contributed by atoms with Crippen molar-refractivity contribution in [3.63, 3.8) is 0 Å². The second kappa shape index (κ2) is 3.67. The maximum Gasteiger partial charge on any atom is 0.171 e. The molecule has 0 N–H and O–H groups in total. The normalized spacial score (nSPS) is 22.2. The molecule has 1 fully saturated rings. The average molecular weight is 247 g/mol. The van der Waals surface area contributed by atoms with Gasteiger partial charge in [0, 0.05) is 6.61 Å². The molecule has 0 radical (unpaired) electrons. The van der Waals surface area contributed by atoms with Crippen LogP contribution < -0.4 is 4.74 Å². The van der Waals surface area contributed by atoms with Crippen molar-refractivity contribution < 1.29 is 9.47 Å². The SMILES string of the molecule is COc1cnn(C2CCOC2)c1Br. The Balaban J connectivity index is 2.24. The highest BCUT2D eigenvalue weighted by atomic mass is 79.9. The van der Waals surface area contributed by atoms with E-state index in [1.165, 1.54) is 0 Å². The van der Waals surface area contributed by atoms with Crippen molar-refractivity contribution in [1.29, 1.82) is 0 Å². The summed E-state index contributed by atoms with van der Waals surface area (Å²) >= 11 is 3.44. The monoisotopic (exact) mass is 246 g/mol. The van der Waals surface area contributed by atoms with Gasteiger partial charge in [0.1, 0.15) is 4.60 Å². The molecule has 1 unspecified atom stereocenters. The Morgan fingerprint density at radius 3 is 3.15 bits per heavy atom. The van der Waals surface area contributed by atoms with E-state index in [9.17, 15) is 0 Å². The number of rotatable bonds is 2. The van der Waals surface area contributed by atoms with Crippen molar-refractivity contribution in [1.82, 2.24) is 9.78 Å². The zero-order valence-corrected chi connectivity index (χ0v) is 8.95. The minimum Gasteiger partial charge on any atom is -0.492 e. The molecule has 13 heavy (non-hydrogen) atoms. The van der Waals surface area contributed by atoms with E-state index < -0.39 is 0 Å². The summed E-state index contributed by atoms with van der Waals surface area (Å²) in [5.74, 6) is 0.770. The van der Waals surface area contributed by atoms with Gasteiger partial charge < -0.3 is 9.47 Å². The van der Waals surface area contributed by atoms with Gasteiger partial charge in [-0.2, -0.15) is 5.10 Å². The number of hydrogen-bond acceptors (Lipinski definition) is 3. The lowest BCUT2D eigenvalue weighted by atomic mass is 10.3. The Morgan fingerprint density at radius 1 is 1.77 bits per heavy atom. The zero-order valence-electron chi connectivity index (χ0n) is 7.36. The minimum absolute atomic E-state index is 0.346. The van der Waals surface area contributed by atoms with E-state index in [2.05, 4.69) is 21.0 Å². The summed E-state index contributed by atoms with van der Waals surface area (Å²) in [6.45, 7) is 1.56. The Morgan fingerprint density at radius 2 is 2.62 bits per heavy atom. The molecular weight excluding hydrogens is 236 g/mol. The number of halogens is 1. The Bertz CT molecular complexity index is 294. The Hall–Kier alpha value is -0.550. The molecule has 1 atom stereocenters. The van der Waals surface area contributed by atoms with Crippen LogP contribution in [0.15, 0.2) is 10.8 Å². The predicted octanol–water partition coefficient (Wildman–Crippen LogP) is 1.62. The number of ether oxygens (including phenoxy) is 2. The summed E-state index contributed by atoms with van der Waals surface area (Å²) in [4.78, 5) is 0. The van der Waals surface area contributed by atoms with Crippen molar-refractivity contribution >= 4 is 15.9 Å². The summed E-state index contributed by atoms with van der Waals surface area (Å²) in [5, 5.41) is 4.23. The molecule has 0 saturated carbocycles. The molecule has 72 valence electrons. The number of aromatic nitrogens is 2. The molecule has 1 aromatic heterocycles. The van der Waals surface area contributed by atoms with Gasteiger partial charge in [0.25, 0.3) is 0 Å². The highest BCUT2D eigenvalue weighted by molar-refractivity contribution is 9.10. The Kier molecular flexibility index (Phi) is 2.55. The third-order valence-electron chi connectivity index (χ3n) is 2.18. The molecule has 0 aromatic carbocycles. The molecule has 2 heterocycles. The minimum atomic E-state index is 0.346. The number of hydrogen-bond donors (Lipinski definition) is 0. The highest BCUT2D eigenvalue weighted by Gasteiger charge is 2.21. The van der Waals surface area contributed by atoms with Gasteiger partial charge in [0.05, 0.1) is 26.0 Å². The second-order valence-electron chi connectivity index (χ2n) is 2.97. The van der Waals surface area contributed by atoms with Gasteiger partial charge in [-0.3, -0.25) is 0 Å². The van der Waals surface area contributed by atoms with E-state index in [0.29, 0.717) is 6.04 Å². The van der Waals surface area contributed by atoms with Gasteiger partial charge >= 0.3 is 0 Å². The number of nitrogens with zero attached hydrogens (tertiary/aromatic N) is 2. The first-order valence-corrected chi connectivity index (χ1v) is 4.97. The van der Waals surface area contributed by atoms with Crippen LogP contribution in [0.1, 0.15) is 12.5 Å². The molecule has 0 amide bonds. The van der Waals surface area contributed by atoms with Crippen LogP contribution >= 0.6 is 15.9 Å². The van der Waals surface area contributed by atoms with Gasteiger partial charge in [-0.15, -0.1) is 0 Å². The molecular formula is C8H11BrN2O2. The number of methoxy groups -OCH3 is 1. The molecule has 4 nitrogen and oxygen atoms in total. The van der Waals surface area contributed by atoms with E-state index in [0.717, 1.165) is 30.0 Å². The zero-order chi connectivity index (χ0) is 9.26. The maximum absolute atomic E-state index is 5.29. The van der Waals surface area contributed by atoms with Gasteiger partial charge in [-0.25, -0.2) is 4.68 Å². The predicted molar refractivity (Wildman–Crippen MR) is 51.0 cm³/mol. The van der Waals surface area contributed by atoms with Crippen LogP contribution in [0.5, 0.6) is 5.75 Å². The Labute approximate surface area is 85.0 Å². The molecule has 5 heteroatoms. The van der Waals surface area contributed by atoms with Gasteiger partial charge in [0.2, 0.25) is 0 Å². The topological polar surface area (TPSA) is 36.3 Å². The van der Waals surface area contributed by atoms with Crippen LogP contribution in [0.3, 0.4) is 0 Å². The van der Waals surface area contributed by atoms with Gasteiger partial charge in [-0.05, 0) is 22.4 Å². The largest absolute Gasteiger partial charge is 0.492 e. The summed E-state index contributed by atoms with van der Waals surface area (Å²) in [5.41, 5.74) is 0. The fourth-order valence-corrected chi connectivity index (χ4v) is 2.08. The third kappa shape index (κ3) is 1.58. The molecule has 0 bridgehead atoms. The fourth-order valence-electron chi connectivity index (χ4n) is 1.44. The van der Waals surface area contributed by atoms with E-state index in [1.54, 1.807) is 13.3 Å². The lowest BCUT2D eigenvalue weighted by Gasteiger charge is -2.09. The summed E-state index contributed by atoms with van der Waals surface area (Å²) < 4.78 is 13.2. The van der Waals surface area contributed by atoms with Crippen LogP contribution in [-0.4, -0.2) is 30.1 Å². The average Bonchev–Trinajstić information content (AvgIpc) is 2.72. The fraction of sp³-hybridized carbons (Fsp3) is 0.625. The van der Waals surface area contributed by atoms with Gasteiger partial charge in [0.15, 0.2) is 5.75 Å². The summed E-state index contributed by atoms with van der Waals surface area (Å²) in [6.07, 6.45) is 2.73. The molecule has 0 aliphatic carbocycles. The first-order valence-electron chi connectivity index (χ1n) is 4.17. The van der Waals surface area contributed by atoms with Crippen molar-refractivity contribution in [2.45, 2.75) is 12.5 Å². The maximum atomic E-state index is 5.29. The summed E-state index contributed by atoms with van der Waals surface area (Å²) in [6, 6.07) is 0.346. The van der Waals surface area contributed by atoms with Crippen LogP contribution in [0.4, 0.5) is 0 Å². The first kappa shape index (κ1) is 9.02. The van der Waals surface area contributed by atoms with E-state index in [1.807, 2.05) is 4.68 Å². The van der Waals surface area contributed by atoms with Crippen LogP contribution in [0, 0.1) is 0 Å². The second-order valence-corrected chi connectivity index (χ2v) is 3.72. The van der Waals surface area contributed by atoms with E-state index in [-0.39, 0.29) is 0 Å². The smallest absolute Gasteiger partial charge is 0.171 e. The quantitative estimate of drug-likeness (QED) is 0.796. The third-order valence-corrected chi connectivity index (χ3v) is 2.93. The van der Waals surface area contributed by atoms with Crippen molar-refractivity contribution in [2.24, 2.45) is 0 Å². The van der Waals surface area contributed by atoms with Crippen LogP contribution in [-0.2, 0) is 4.74 Å². The molecule has 1 aliphatic heterocycles. The van der Waals surface area contributed by atoms with Crippen LogP contribution in [0.2, 0.25) is 0 Å². The van der Waals surface area contributed by atoms with E-state index >= 15 is 0 Å².